The fourth-order valence-corrected chi connectivity index (χ4v) is 4.36. The molecule has 1 saturated heterocycles. The van der Waals surface area contributed by atoms with Gasteiger partial charge in [0.15, 0.2) is 0 Å². The first kappa shape index (κ1) is 23.1. The monoisotopic (exact) mass is 394 g/mol. The molecule has 1 aliphatic carbocycles. The Morgan fingerprint density at radius 2 is 1.96 bits per heavy atom. The number of rotatable bonds is 10. The summed E-state index contributed by atoms with van der Waals surface area (Å²) in [5.74, 6) is -0.449. The van der Waals surface area contributed by atoms with Crippen LogP contribution in [0.25, 0.3) is 0 Å². The molecule has 0 unspecified atom stereocenters. The van der Waals surface area contributed by atoms with Crippen molar-refractivity contribution < 1.29 is 24.9 Å². The molecule has 160 valence electrons. The van der Waals surface area contributed by atoms with E-state index in [2.05, 4.69) is 33.8 Å². The Bertz CT molecular complexity index is 576. The van der Waals surface area contributed by atoms with E-state index in [1.165, 1.54) is 5.57 Å². The highest BCUT2D eigenvalue weighted by molar-refractivity contribution is 5.66. The van der Waals surface area contributed by atoms with Crippen LogP contribution >= 0.6 is 0 Å². The average molecular weight is 395 g/mol. The van der Waals surface area contributed by atoms with Gasteiger partial charge in [-0.3, -0.25) is 4.79 Å². The molecule has 0 spiro atoms. The topological polar surface area (TPSA) is 87.0 Å². The van der Waals surface area contributed by atoms with Crippen LogP contribution in [-0.4, -0.2) is 45.7 Å². The summed E-state index contributed by atoms with van der Waals surface area (Å²) in [5, 5.41) is 29.8. The largest absolute Gasteiger partial charge is 0.481 e. The van der Waals surface area contributed by atoms with Crippen molar-refractivity contribution in [3.8, 4) is 0 Å². The first-order valence-electron chi connectivity index (χ1n) is 10.6. The van der Waals surface area contributed by atoms with Gasteiger partial charge in [-0.15, -0.1) is 0 Å². The number of unbranched alkanes of at least 4 members (excludes halogenated alkanes) is 1. The molecule has 1 aliphatic heterocycles. The summed E-state index contributed by atoms with van der Waals surface area (Å²) in [4.78, 5) is 10.6. The summed E-state index contributed by atoms with van der Waals surface area (Å²) in [7, 11) is 0. The summed E-state index contributed by atoms with van der Waals surface area (Å²) >= 11 is 0. The van der Waals surface area contributed by atoms with Crippen LogP contribution in [-0.2, 0) is 9.53 Å². The number of carboxylic acid groups (broad SMARTS) is 1. The molecule has 5 heteroatoms. The lowest BCUT2D eigenvalue weighted by molar-refractivity contribution is -0.137. The van der Waals surface area contributed by atoms with Crippen LogP contribution in [0.15, 0.2) is 23.8 Å². The molecule has 2 aliphatic rings. The van der Waals surface area contributed by atoms with Crippen LogP contribution in [0.1, 0.15) is 72.6 Å². The van der Waals surface area contributed by atoms with Gasteiger partial charge >= 0.3 is 5.97 Å². The average Bonchev–Trinajstić information content (AvgIpc) is 3.11. The van der Waals surface area contributed by atoms with Gasteiger partial charge in [0.05, 0.1) is 24.4 Å². The number of carbonyl (C=O) groups is 1. The minimum absolute atomic E-state index is 0.0166. The Hall–Kier alpha value is -1.17. The molecule has 0 bridgehead atoms. The van der Waals surface area contributed by atoms with E-state index in [0.717, 1.165) is 25.7 Å². The fraction of sp³-hybridized carbons (Fsp3) is 0.783. The van der Waals surface area contributed by atoms with Crippen molar-refractivity contribution in [1.82, 2.24) is 0 Å². The number of hydrogen-bond acceptors (Lipinski definition) is 4. The van der Waals surface area contributed by atoms with Crippen LogP contribution in [0.5, 0.6) is 0 Å². The molecule has 2 fully saturated rings. The van der Waals surface area contributed by atoms with Crippen molar-refractivity contribution >= 4 is 5.97 Å². The van der Waals surface area contributed by atoms with Crippen molar-refractivity contribution in [3.05, 3.63) is 23.8 Å². The zero-order valence-corrected chi connectivity index (χ0v) is 17.8. The number of aliphatic hydroxyl groups is 2. The zero-order chi connectivity index (χ0) is 20.9. The molecule has 0 aromatic carbocycles. The molecule has 0 amide bonds. The molecule has 5 nitrogen and oxygen atoms in total. The molecule has 1 saturated carbocycles. The van der Waals surface area contributed by atoms with Gasteiger partial charge in [-0.05, 0) is 50.9 Å². The molecule has 0 aromatic heterocycles. The van der Waals surface area contributed by atoms with Crippen molar-refractivity contribution in [2.75, 3.05) is 0 Å². The number of ether oxygens (including phenoxy) is 1. The Labute approximate surface area is 169 Å². The van der Waals surface area contributed by atoms with Gasteiger partial charge in [0, 0.05) is 18.8 Å². The van der Waals surface area contributed by atoms with E-state index >= 15 is 0 Å². The number of aliphatic carboxylic acids is 1. The predicted octanol–water partition coefficient (Wildman–Crippen LogP) is 4.09. The van der Waals surface area contributed by atoms with E-state index in [1.54, 1.807) is 0 Å². The van der Waals surface area contributed by atoms with E-state index in [4.69, 9.17) is 9.84 Å². The molecule has 0 radical (unpaired) electrons. The number of hydrogen-bond donors (Lipinski definition) is 3. The third-order valence-electron chi connectivity index (χ3n) is 6.31. The third kappa shape index (κ3) is 6.43. The first-order chi connectivity index (χ1) is 13.1. The number of carboxylic acids is 1. The van der Waals surface area contributed by atoms with Crippen molar-refractivity contribution in [2.45, 2.75) is 97.1 Å². The molecular formula is C23H38O5. The van der Waals surface area contributed by atoms with Crippen LogP contribution < -0.4 is 0 Å². The van der Waals surface area contributed by atoms with E-state index in [9.17, 15) is 15.0 Å². The molecule has 2 rings (SSSR count). The smallest absolute Gasteiger partial charge is 0.303 e. The van der Waals surface area contributed by atoms with Crippen molar-refractivity contribution in [2.24, 2.45) is 17.3 Å². The Morgan fingerprint density at radius 1 is 1.25 bits per heavy atom. The number of allylic oxidation sites excluding steroid dienone is 2. The molecule has 28 heavy (non-hydrogen) atoms. The number of aliphatic hydroxyl groups excluding tert-OH is 2. The van der Waals surface area contributed by atoms with E-state index < -0.39 is 18.2 Å². The van der Waals surface area contributed by atoms with Gasteiger partial charge in [0.1, 0.15) is 0 Å². The molecule has 3 N–H and O–H groups in total. The first-order valence-corrected chi connectivity index (χ1v) is 10.6. The summed E-state index contributed by atoms with van der Waals surface area (Å²) < 4.78 is 6.12. The Kier molecular flexibility index (Phi) is 8.29. The lowest BCUT2D eigenvalue weighted by Crippen LogP contribution is -2.28. The quantitative estimate of drug-likeness (QED) is 0.384. The minimum atomic E-state index is -0.747. The second kappa shape index (κ2) is 10.0. The summed E-state index contributed by atoms with van der Waals surface area (Å²) in [6.45, 7) is 8.24. The highest BCUT2D eigenvalue weighted by Crippen LogP contribution is 2.45. The lowest BCUT2D eigenvalue weighted by atomic mass is 9.81. The van der Waals surface area contributed by atoms with E-state index in [1.807, 2.05) is 12.2 Å². The maximum absolute atomic E-state index is 10.6. The normalized spacial score (nSPS) is 31.1. The lowest BCUT2D eigenvalue weighted by Gasteiger charge is -2.28. The SMILES string of the molecule is CC(C)=CCC(C)(C)[C@H](O)C=C[C@@H]1[C@H]2C[C@H](CCCCC(=O)O)O[C@H]2C[C@H]1O. The van der Waals surface area contributed by atoms with Crippen LogP contribution in [0.3, 0.4) is 0 Å². The number of fused-ring (bicyclic) bond motifs is 1. The Balaban J connectivity index is 1.88. The standard InChI is InChI=1S/C23H38O5/c1-15(2)11-12-23(3,4)21(25)10-9-17-18-13-16(7-5-6-8-22(26)27)28-20(18)14-19(17)24/h9-11,16-21,24-25H,5-8,12-14H2,1-4H3,(H,26,27)/t16-,17+,18+,19+,20-,21+/m0/s1. The third-order valence-corrected chi connectivity index (χ3v) is 6.31. The highest BCUT2D eigenvalue weighted by atomic mass is 16.5. The van der Waals surface area contributed by atoms with Gasteiger partial charge in [-0.25, -0.2) is 0 Å². The molecule has 0 aromatic rings. The maximum atomic E-state index is 10.6. The summed E-state index contributed by atoms with van der Waals surface area (Å²) in [5.41, 5.74) is 0.992. The van der Waals surface area contributed by atoms with Gasteiger partial charge in [0.2, 0.25) is 0 Å². The molecular weight excluding hydrogens is 356 g/mol. The van der Waals surface area contributed by atoms with Crippen molar-refractivity contribution in [3.63, 3.8) is 0 Å². The van der Waals surface area contributed by atoms with Gasteiger partial charge in [-0.2, -0.15) is 0 Å². The van der Waals surface area contributed by atoms with Crippen molar-refractivity contribution in [1.29, 1.82) is 0 Å². The second-order valence-electron chi connectivity index (χ2n) is 9.52. The highest BCUT2D eigenvalue weighted by Gasteiger charge is 2.47. The fourth-order valence-electron chi connectivity index (χ4n) is 4.36. The van der Waals surface area contributed by atoms with Gasteiger partial charge in [-0.1, -0.05) is 44.1 Å². The van der Waals surface area contributed by atoms with Crippen LogP contribution in [0.2, 0.25) is 0 Å². The van der Waals surface area contributed by atoms with Gasteiger partial charge in [0.25, 0.3) is 0 Å². The zero-order valence-electron chi connectivity index (χ0n) is 17.8. The summed E-state index contributed by atoms with van der Waals surface area (Å²) in [6, 6.07) is 0. The van der Waals surface area contributed by atoms with Gasteiger partial charge < -0.3 is 20.1 Å². The minimum Gasteiger partial charge on any atom is -0.481 e. The van der Waals surface area contributed by atoms with E-state index in [-0.39, 0.29) is 35.9 Å². The molecule has 6 atom stereocenters. The van der Waals surface area contributed by atoms with Crippen LogP contribution in [0.4, 0.5) is 0 Å². The maximum Gasteiger partial charge on any atom is 0.303 e. The van der Waals surface area contributed by atoms with Crippen LogP contribution in [0, 0.1) is 17.3 Å². The van der Waals surface area contributed by atoms with E-state index in [0.29, 0.717) is 12.8 Å². The molecule has 1 heterocycles. The predicted molar refractivity (Wildman–Crippen MR) is 110 cm³/mol. The Morgan fingerprint density at radius 3 is 2.61 bits per heavy atom. The second-order valence-corrected chi connectivity index (χ2v) is 9.52. The summed E-state index contributed by atoms with van der Waals surface area (Å²) in [6.07, 6.45) is 10.2.